The highest BCUT2D eigenvalue weighted by atomic mass is 16.5. The standard InChI is InChI=1S/C42H49N5O5/c48-33-9-11-35-38(23-33)52-26-36(28-2-1-3-28)40(35)29-4-6-31(7-5-29)45-16-14-27(15-17-45)24-44-18-20-46(21-19-44)32-8-10-34-30(22-32)25-47(42(34)51)37-12-13-39(49)43-41(37)50/h4-11,22-23,27-28,36-37,40,48H,1-3,12-21,24-26H2,(H,43,49,50)/t36-,37+,40-/m0/s1. The smallest absolute Gasteiger partial charge is 0.255 e. The molecule has 0 bridgehead atoms. The average Bonchev–Trinajstić information content (AvgIpc) is 3.46. The molecule has 4 fully saturated rings. The van der Waals surface area contributed by atoms with Gasteiger partial charge in [0.15, 0.2) is 0 Å². The van der Waals surface area contributed by atoms with Crippen LogP contribution in [0.15, 0.2) is 60.7 Å². The Hall–Kier alpha value is -4.57. The number of nitrogens with zero attached hydrogens (tertiary/aromatic N) is 4. The van der Waals surface area contributed by atoms with Gasteiger partial charge in [0.1, 0.15) is 17.5 Å². The van der Waals surface area contributed by atoms with Gasteiger partial charge in [0.05, 0.1) is 6.61 Å². The lowest BCUT2D eigenvalue weighted by Gasteiger charge is -2.42. The van der Waals surface area contributed by atoms with Crippen LogP contribution in [-0.2, 0) is 16.1 Å². The predicted octanol–water partition coefficient (Wildman–Crippen LogP) is 5.13. The molecule has 6 aliphatic rings. The Bertz CT molecular complexity index is 1840. The van der Waals surface area contributed by atoms with E-state index in [0.29, 0.717) is 42.2 Å². The summed E-state index contributed by atoms with van der Waals surface area (Å²) in [5.41, 5.74) is 6.63. The molecule has 1 saturated carbocycles. The van der Waals surface area contributed by atoms with E-state index >= 15 is 0 Å². The highest BCUT2D eigenvalue weighted by molar-refractivity contribution is 6.05. The number of hydrogen-bond donors (Lipinski definition) is 2. The number of benzene rings is 3. The van der Waals surface area contributed by atoms with Crippen LogP contribution in [-0.4, -0.2) is 91.1 Å². The van der Waals surface area contributed by atoms with Crippen molar-refractivity contribution in [3.63, 3.8) is 0 Å². The van der Waals surface area contributed by atoms with Gasteiger partial charge >= 0.3 is 0 Å². The first-order valence-electron chi connectivity index (χ1n) is 19.4. The van der Waals surface area contributed by atoms with Crippen LogP contribution in [0.2, 0.25) is 0 Å². The van der Waals surface area contributed by atoms with Crippen molar-refractivity contribution in [1.82, 2.24) is 15.1 Å². The van der Waals surface area contributed by atoms with Gasteiger partial charge in [-0.2, -0.15) is 0 Å². The zero-order chi connectivity index (χ0) is 35.3. The van der Waals surface area contributed by atoms with Crippen molar-refractivity contribution < 1.29 is 24.2 Å². The SMILES string of the molecule is O=C1CC[C@@H](N2Cc3cc(N4CCN(CC5CCN(c6ccc([C@H]7c8ccc(O)cc8OC[C@H]7C7CCC7)cc6)CC5)CC4)ccc3C2=O)C(=O)N1. The summed E-state index contributed by atoms with van der Waals surface area (Å²) in [6, 6.07) is 20.5. The molecule has 0 radical (unpaired) electrons. The molecule has 5 aliphatic heterocycles. The summed E-state index contributed by atoms with van der Waals surface area (Å²) in [7, 11) is 0. The highest BCUT2D eigenvalue weighted by Gasteiger charge is 2.41. The molecule has 3 amide bonds. The maximum absolute atomic E-state index is 13.1. The number of ether oxygens (including phenoxy) is 1. The fourth-order valence-corrected chi connectivity index (χ4v) is 9.70. The van der Waals surface area contributed by atoms with Crippen LogP contribution in [0, 0.1) is 17.8 Å². The Balaban J connectivity index is 0.768. The van der Waals surface area contributed by atoms with Gasteiger partial charge in [-0.05, 0) is 78.6 Å². The number of phenolic OH excluding ortho intramolecular Hbond substituents is 1. The molecule has 3 saturated heterocycles. The normalized spacial score (nSPS) is 25.7. The van der Waals surface area contributed by atoms with E-state index in [1.807, 2.05) is 12.1 Å². The lowest BCUT2D eigenvalue weighted by Crippen LogP contribution is -2.52. The molecule has 0 spiro atoms. The number of fused-ring (bicyclic) bond motifs is 2. The predicted molar refractivity (Wildman–Crippen MR) is 199 cm³/mol. The van der Waals surface area contributed by atoms with Gasteiger partial charge in [-0.25, -0.2) is 0 Å². The molecule has 0 unspecified atom stereocenters. The molecule has 0 aromatic heterocycles. The number of nitrogens with one attached hydrogen (secondary N) is 1. The van der Waals surface area contributed by atoms with E-state index in [4.69, 9.17) is 4.74 Å². The van der Waals surface area contributed by atoms with Crippen molar-refractivity contribution in [2.45, 2.75) is 63.5 Å². The van der Waals surface area contributed by atoms with Crippen molar-refractivity contribution in [2.24, 2.45) is 17.8 Å². The molecule has 10 heteroatoms. The Kier molecular flexibility index (Phi) is 8.81. The van der Waals surface area contributed by atoms with Gasteiger partial charge in [-0.1, -0.05) is 37.5 Å². The monoisotopic (exact) mass is 703 g/mol. The van der Waals surface area contributed by atoms with Crippen molar-refractivity contribution in [1.29, 1.82) is 0 Å². The molecular weight excluding hydrogens is 654 g/mol. The number of anilines is 2. The van der Waals surface area contributed by atoms with E-state index in [9.17, 15) is 19.5 Å². The minimum atomic E-state index is -0.583. The number of piperazine rings is 1. The quantitative estimate of drug-likeness (QED) is 0.327. The summed E-state index contributed by atoms with van der Waals surface area (Å²) in [5, 5.41) is 12.5. The van der Waals surface area contributed by atoms with Crippen LogP contribution in [0.4, 0.5) is 11.4 Å². The third-order valence-corrected chi connectivity index (χ3v) is 12.9. The molecule has 52 heavy (non-hydrogen) atoms. The number of rotatable bonds is 7. The molecule has 1 aliphatic carbocycles. The maximum Gasteiger partial charge on any atom is 0.255 e. The second-order valence-corrected chi connectivity index (χ2v) is 15.9. The van der Waals surface area contributed by atoms with Crippen LogP contribution in [0.1, 0.15) is 77.9 Å². The van der Waals surface area contributed by atoms with Gasteiger partial charge in [0.2, 0.25) is 11.8 Å². The number of aromatic hydroxyl groups is 1. The lowest BCUT2D eigenvalue weighted by atomic mass is 9.66. The van der Waals surface area contributed by atoms with E-state index < -0.39 is 6.04 Å². The van der Waals surface area contributed by atoms with Crippen LogP contribution in [0.25, 0.3) is 0 Å². The summed E-state index contributed by atoms with van der Waals surface area (Å²) >= 11 is 0. The first-order valence-corrected chi connectivity index (χ1v) is 19.4. The Morgan fingerprint density at radius 1 is 0.788 bits per heavy atom. The number of hydrogen-bond acceptors (Lipinski definition) is 8. The summed E-state index contributed by atoms with van der Waals surface area (Å²) < 4.78 is 6.17. The van der Waals surface area contributed by atoms with E-state index in [1.165, 1.54) is 48.9 Å². The molecule has 5 heterocycles. The summed E-state index contributed by atoms with van der Waals surface area (Å²) in [4.78, 5) is 46.4. The molecule has 3 aromatic carbocycles. The number of imide groups is 1. The van der Waals surface area contributed by atoms with Crippen molar-refractivity contribution in [3.8, 4) is 11.5 Å². The van der Waals surface area contributed by atoms with E-state index in [0.717, 1.165) is 69.4 Å². The molecule has 9 rings (SSSR count). The summed E-state index contributed by atoms with van der Waals surface area (Å²) in [5.74, 6) is 2.52. The van der Waals surface area contributed by atoms with Gasteiger partial charge in [-0.15, -0.1) is 0 Å². The molecule has 3 aromatic rings. The van der Waals surface area contributed by atoms with Crippen molar-refractivity contribution >= 4 is 29.1 Å². The van der Waals surface area contributed by atoms with Gasteiger partial charge in [0.25, 0.3) is 5.91 Å². The van der Waals surface area contributed by atoms with E-state index in [2.05, 4.69) is 56.4 Å². The first kappa shape index (κ1) is 33.3. The Morgan fingerprint density at radius 2 is 1.54 bits per heavy atom. The topological polar surface area (TPSA) is 106 Å². The Morgan fingerprint density at radius 3 is 2.27 bits per heavy atom. The third kappa shape index (κ3) is 6.29. The van der Waals surface area contributed by atoms with Crippen LogP contribution < -0.4 is 19.9 Å². The second kappa shape index (κ2) is 13.8. The number of phenols is 1. The van der Waals surface area contributed by atoms with Gasteiger partial charge in [0, 0.05) is 99.2 Å². The molecule has 10 nitrogen and oxygen atoms in total. The number of carbonyl (C=O) groups excluding carboxylic acids is 3. The fraction of sp³-hybridized carbons (Fsp3) is 0.500. The first-order chi connectivity index (χ1) is 25.4. The molecular formula is C42H49N5O5. The average molecular weight is 704 g/mol. The number of amides is 3. The van der Waals surface area contributed by atoms with Crippen molar-refractivity contribution in [3.05, 3.63) is 82.9 Å². The molecule has 3 atom stereocenters. The molecule has 272 valence electrons. The maximum atomic E-state index is 13.1. The zero-order valence-electron chi connectivity index (χ0n) is 29.8. The minimum absolute atomic E-state index is 0.120. The van der Waals surface area contributed by atoms with Gasteiger partial charge < -0.3 is 24.5 Å². The highest BCUT2D eigenvalue weighted by Crippen LogP contribution is 2.50. The number of piperidine rings is 2. The van der Waals surface area contributed by atoms with Crippen LogP contribution >= 0.6 is 0 Å². The van der Waals surface area contributed by atoms with E-state index in [1.54, 1.807) is 17.0 Å². The Labute approximate surface area is 305 Å². The summed E-state index contributed by atoms with van der Waals surface area (Å²) in [6.45, 7) is 8.39. The minimum Gasteiger partial charge on any atom is -0.508 e. The number of carbonyl (C=O) groups is 3. The largest absolute Gasteiger partial charge is 0.508 e. The molecule has 2 N–H and O–H groups in total. The summed E-state index contributed by atoms with van der Waals surface area (Å²) in [6.07, 6.45) is 6.93. The van der Waals surface area contributed by atoms with E-state index in [-0.39, 0.29) is 29.9 Å². The van der Waals surface area contributed by atoms with Crippen LogP contribution in [0.5, 0.6) is 11.5 Å². The second-order valence-electron chi connectivity index (χ2n) is 15.9. The third-order valence-electron chi connectivity index (χ3n) is 12.9. The van der Waals surface area contributed by atoms with Crippen molar-refractivity contribution in [2.75, 3.05) is 62.2 Å². The fourth-order valence-electron chi connectivity index (χ4n) is 9.70. The zero-order valence-corrected chi connectivity index (χ0v) is 29.8. The van der Waals surface area contributed by atoms with Crippen LogP contribution in [0.3, 0.4) is 0 Å². The lowest BCUT2D eigenvalue weighted by molar-refractivity contribution is -0.136. The van der Waals surface area contributed by atoms with Gasteiger partial charge in [-0.3, -0.25) is 24.6 Å².